The average Bonchev–Trinajstić information content (AvgIpc) is 2.65. The van der Waals surface area contributed by atoms with Gasteiger partial charge in [-0.15, -0.1) is 24.0 Å². The molecule has 2 fully saturated rings. The molecule has 2 heterocycles. The lowest BCUT2D eigenvalue weighted by molar-refractivity contribution is 0.0376. The van der Waals surface area contributed by atoms with Crippen LogP contribution in [-0.4, -0.2) is 87.6 Å². The summed E-state index contributed by atoms with van der Waals surface area (Å²) in [6, 6.07) is 0. The Morgan fingerprint density at radius 1 is 1.12 bits per heavy atom. The molecule has 25 heavy (non-hydrogen) atoms. The van der Waals surface area contributed by atoms with Gasteiger partial charge in [-0.3, -0.25) is 9.89 Å². The predicted octanol–water partition coefficient (Wildman–Crippen LogP) is 1.79. The van der Waals surface area contributed by atoms with E-state index >= 15 is 0 Å². The van der Waals surface area contributed by atoms with Crippen molar-refractivity contribution in [2.45, 2.75) is 30.9 Å². The zero-order chi connectivity index (χ0) is 17.1. The third-order valence-corrected chi connectivity index (χ3v) is 6.16. The summed E-state index contributed by atoms with van der Waals surface area (Å²) in [6.45, 7) is 11.5. The molecule has 8 heteroatoms. The maximum atomic E-state index is 5.51. The monoisotopic (exact) mass is 486 g/mol. The quantitative estimate of drug-likeness (QED) is 0.236. The SMILES string of the molecule is CCNC(=NCC1(SC)CCOCC1)NCCCN1CCOCC1.I. The van der Waals surface area contributed by atoms with Crippen molar-refractivity contribution in [1.29, 1.82) is 0 Å². The maximum absolute atomic E-state index is 5.51. The van der Waals surface area contributed by atoms with Crippen LogP contribution in [0.2, 0.25) is 0 Å². The summed E-state index contributed by atoms with van der Waals surface area (Å²) < 4.78 is 11.1. The van der Waals surface area contributed by atoms with E-state index in [-0.39, 0.29) is 28.7 Å². The molecule has 2 rings (SSSR count). The summed E-state index contributed by atoms with van der Waals surface area (Å²) >= 11 is 1.94. The molecule has 0 amide bonds. The van der Waals surface area contributed by atoms with E-state index in [0.29, 0.717) is 0 Å². The highest BCUT2D eigenvalue weighted by Gasteiger charge is 2.31. The molecule has 2 aliphatic rings. The van der Waals surface area contributed by atoms with Crippen LogP contribution in [0.4, 0.5) is 0 Å². The summed E-state index contributed by atoms with van der Waals surface area (Å²) in [6.07, 6.45) is 5.51. The van der Waals surface area contributed by atoms with Crippen molar-refractivity contribution in [3.05, 3.63) is 0 Å². The van der Waals surface area contributed by atoms with Crippen LogP contribution in [0.3, 0.4) is 0 Å². The Bertz CT molecular complexity index is 376. The zero-order valence-corrected chi connectivity index (χ0v) is 18.9. The lowest BCUT2D eigenvalue weighted by atomic mass is 9.99. The van der Waals surface area contributed by atoms with Gasteiger partial charge in [-0.1, -0.05) is 0 Å². The molecular weight excluding hydrogens is 451 g/mol. The summed E-state index contributed by atoms with van der Waals surface area (Å²) in [5.74, 6) is 0.944. The summed E-state index contributed by atoms with van der Waals surface area (Å²) in [5.41, 5.74) is 0. The van der Waals surface area contributed by atoms with E-state index in [1.54, 1.807) is 0 Å². The number of nitrogens with one attached hydrogen (secondary N) is 2. The molecule has 2 saturated heterocycles. The van der Waals surface area contributed by atoms with E-state index in [2.05, 4.69) is 28.7 Å². The Kier molecular flexibility index (Phi) is 12.5. The van der Waals surface area contributed by atoms with Crippen molar-refractivity contribution in [2.24, 2.45) is 4.99 Å². The van der Waals surface area contributed by atoms with Gasteiger partial charge in [-0.05, 0) is 39.0 Å². The second-order valence-electron chi connectivity index (χ2n) is 6.43. The van der Waals surface area contributed by atoms with E-state index in [0.717, 1.165) is 90.9 Å². The molecule has 0 unspecified atom stereocenters. The smallest absolute Gasteiger partial charge is 0.191 e. The highest BCUT2D eigenvalue weighted by atomic mass is 127. The van der Waals surface area contributed by atoms with Crippen molar-refractivity contribution in [1.82, 2.24) is 15.5 Å². The van der Waals surface area contributed by atoms with Gasteiger partial charge in [-0.2, -0.15) is 11.8 Å². The predicted molar refractivity (Wildman–Crippen MR) is 118 cm³/mol. The van der Waals surface area contributed by atoms with Crippen LogP contribution in [0.25, 0.3) is 0 Å². The second-order valence-corrected chi connectivity index (χ2v) is 7.70. The van der Waals surface area contributed by atoms with Crippen molar-refractivity contribution >= 4 is 41.7 Å². The van der Waals surface area contributed by atoms with Crippen LogP contribution >= 0.6 is 35.7 Å². The summed E-state index contributed by atoms with van der Waals surface area (Å²) in [4.78, 5) is 7.32. The number of halogens is 1. The lowest BCUT2D eigenvalue weighted by Gasteiger charge is -2.34. The lowest BCUT2D eigenvalue weighted by Crippen LogP contribution is -2.42. The van der Waals surface area contributed by atoms with E-state index < -0.39 is 0 Å². The van der Waals surface area contributed by atoms with Gasteiger partial charge in [0.25, 0.3) is 0 Å². The second kappa shape index (κ2) is 13.4. The first-order valence-electron chi connectivity index (χ1n) is 9.23. The minimum Gasteiger partial charge on any atom is -0.381 e. The highest BCUT2D eigenvalue weighted by Crippen LogP contribution is 2.33. The molecule has 0 saturated carbocycles. The van der Waals surface area contributed by atoms with Gasteiger partial charge in [0.1, 0.15) is 0 Å². The van der Waals surface area contributed by atoms with Crippen LogP contribution < -0.4 is 10.6 Å². The van der Waals surface area contributed by atoms with Gasteiger partial charge in [0.2, 0.25) is 0 Å². The fourth-order valence-electron chi connectivity index (χ4n) is 3.07. The largest absolute Gasteiger partial charge is 0.381 e. The molecule has 0 bridgehead atoms. The fraction of sp³-hybridized carbons (Fsp3) is 0.941. The number of ether oxygens (including phenoxy) is 2. The van der Waals surface area contributed by atoms with Crippen molar-refractivity contribution in [3.8, 4) is 0 Å². The third kappa shape index (κ3) is 8.64. The average molecular weight is 486 g/mol. The molecule has 6 nitrogen and oxygen atoms in total. The number of hydrogen-bond acceptors (Lipinski definition) is 5. The Morgan fingerprint density at radius 2 is 1.80 bits per heavy atom. The molecule has 0 aliphatic carbocycles. The molecule has 0 spiro atoms. The van der Waals surface area contributed by atoms with Gasteiger partial charge in [0.15, 0.2) is 5.96 Å². The van der Waals surface area contributed by atoms with Crippen molar-refractivity contribution in [2.75, 3.05) is 72.0 Å². The number of guanidine groups is 1. The first kappa shape index (κ1) is 23.3. The molecule has 2 aliphatic heterocycles. The molecule has 0 radical (unpaired) electrons. The van der Waals surface area contributed by atoms with E-state index in [1.807, 2.05) is 11.8 Å². The highest BCUT2D eigenvalue weighted by molar-refractivity contribution is 14.0. The minimum absolute atomic E-state index is 0. The van der Waals surface area contributed by atoms with Gasteiger partial charge in [0, 0.05) is 44.1 Å². The Hall–Kier alpha value is 0.230. The van der Waals surface area contributed by atoms with Crippen molar-refractivity contribution in [3.63, 3.8) is 0 Å². The Balaban J connectivity index is 0.00000312. The maximum Gasteiger partial charge on any atom is 0.191 e. The summed E-state index contributed by atoms with van der Waals surface area (Å²) in [5, 5.41) is 6.85. The fourth-order valence-corrected chi connectivity index (χ4v) is 3.84. The molecule has 0 aromatic heterocycles. The minimum atomic E-state index is 0. The Labute approximate surface area is 174 Å². The van der Waals surface area contributed by atoms with E-state index in [1.165, 1.54) is 0 Å². The number of aliphatic imine (C=N–C) groups is 1. The first-order valence-corrected chi connectivity index (χ1v) is 10.5. The number of morpholine rings is 1. The van der Waals surface area contributed by atoms with Crippen LogP contribution in [0.1, 0.15) is 26.2 Å². The third-order valence-electron chi connectivity index (χ3n) is 4.75. The van der Waals surface area contributed by atoms with Gasteiger partial charge >= 0.3 is 0 Å². The van der Waals surface area contributed by atoms with E-state index in [4.69, 9.17) is 14.5 Å². The van der Waals surface area contributed by atoms with Crippen LogP contribution in [0, 0.1) is 0 Å². The van der Waals surface area contributed by atoms with Gasteiger partial charge in [-0.25, -0.2) is 0 Å². The van der Waals surface area contributed by atoms with Crippen LogP contribution in [-0.2, 0) is 9.47 Å². The molecular formula is C17H35IN4O2S. The molecule has 148 valence electrons. The standard InChI is InChI=1S/C17H34N4O2S.HI/c1-3-18-16(19-7-4-8-21-9-13-23-14-10-21)20-15-17(24-2)5-11-22-12-6-17;/h3-15H2,1-2H3,(H2,18,19,20);1H. The molecule has 0 atom stereocenters. The molecule has 0 aromatic rings. The number of hydrogen-bond donors (Lipinski definition) is 2. The van der Waals surface area contributed by atoms with Crippen molar-refractivity contribution < 1.29 is 9.47 Å². The van der Waals surface area contributed by atoms with E-state index in [9.17, 15) is 0 Å². The molecule has 0 aromatic carbocycles. The topological polar surface area (TPSA) is 58.1 Å². The first-order chi connectivity index (χ1) is 11.8. The summed E-state index contributed by atoms with van der Waals surface area (Å²) in [7, 11) is 0. The number of thioether (sulfide) groups is 1. The Morgan fingerprint density at radius 3 is 2.44 bits per heavy atom. The number of nitrogens with zero attached hydrogens (tertiary/aromatic N) is 2. The normalized spacial score (nSPS) is 21.4. The number of rotatable bonds is 8. The van der Waals surface area contributed by atoms with Gasteiger partial charge < -0.3 is 20.1 Å². The van der Waals surface area contributed by atoms with Crippen LogP contribution in [0.5, 0.6) is 0 Å². The van der Waals surface area contributed by atoms with Crippen LogP contribution in [0.15, 0.2) is 4.99 Å². The zero-order valence-electron chi connectivity index (χ0n) is 15.7. The van der Waals surface area contributed by atoms with Gasteiger partial charge in [0.05, 0.1) is 19.8 Å². The molecule has 2 N–H and O–H groups in total.